The molecule has 0 saturated carbocycles. The van der Waals surface area contributed by atoms with Crippen molar-refractivity contribution >= 4 is 0 Å². The summed E-state index contributed by atoms with van der Waals surface area (Å²) in [6.45, 7) is 7.69. The van der Waals surface area contributed by atoms with Crippen molar-refractivity contribution in [1.29, 1.82) is 0 Å². The molecule has 0 spiro atoms. The van der Waals surface area contributed by atoms with Gasteiger partial charge in [0.1, 0.15) is 0 Å². The second kappa shape index (κ2) is 6.53. The van der Waals surface area contributed by atoms with E-state index in [4.69, 9.17) is 9.47 Å². The Morgan fingerprint density at radius 3 is 2.47 bits per heavy atom. The highest BCUT2D eigenvalue weighted by molar-refractivity contribution is 4.87. The molecule has 19 heavy (non-hydrogen) atoms. The molecule has 3 fully saturated rings. The third kappa shape index (κ3) is 3.69. The Labute approximate surface area is 116 Å². The van der Waals surface area contributed by atoms with Gasteiger partial charge in [-0.15, -0.1) is 0 Å². The van der Waals surface area contributed by atoms with E-state index in [1.165, 1.54) is 32.1 Å². The minimum absolute atomic E-state index is 0.439. The molecule has 3 rings (SSSR count). The van der Waals surface area contributed by atoms with Gasteiger partial charge in [0.05, 0.1) is 24.4 Å². The van der Waals surface area contributed by atoms with Gasteiger partial charge in [-0.1, -0.05) is 6.92 Å². The summed E-state index contributed by atoms with van der Waals surface area (Å²) in [4.78, 5) is 2.57. The number of rotatable bonds is 6. The van der Waals surface area contributed by atoms with Crippen LogP contribution < -0.4 is 5.32 Å². The predicted molar refractivity (Wildman–Crippen MR) is 75.4 cm³/mol. The van der Waals surface area contributed by atoms with Crippen molar-refractivity contribution < 1.29 is 9.47 Å². The highest BCUT2D eigenvalue weighted by Gasteiger charge is 2.35. The van der Waals surface area contributed by atoms with E-state index in [1.54, 1.807) is 0 Å². The second-order valence-corrected chi connectivity index (χ2v) is 6.34. The average molecular weight is 268 g/mol. The summed E-state index contributed by atoms with van der Waals surface area (Å²) >= 11 is 0. The van der Waals surface area contributed by atoms with Crippen molar-refractivity contribution in [1.82, 2.24) is 10.2 Å². The van der Waals surface area contributed by atoms with E-state index in [0.29, 0.717) is 24.4 Å². The van der Waals surface area contributed by atoms with Gasteiger partial charge in [-0.25, -0.2) is 0 Å². The molecule has 3 saturated heterocycles. The Hall–Kier alpha value is -0.160. The maximum Gasteiger partial charge on any atom is 0.0707 e. The summed E-state index contributed by atoms with van der Waals surface area (Å²) in [5.74, 6) is 0. The van der Waals surface area contributed by atoms with Crippen LogP contribution in [0.4, 0.5) is 0 Å². The van der Waals surface area contributed by atoms with Gasteiger partial charge in [0, 0.05) is 26.2 Å². The minimum atomic E-state index is 0.439. The molecule has 3 heterocycles. The molecule has 4 heteroatoms. The highest BCUT2D eigenvalue weighted by atomic mass is 16.5. The molecule has 0 aromatic rings. The van der Waals surface area contributed by atoms with Gasteiger partial charge >= 0.3 is 0 Å². The van der Waals surface area contributed by atoms with Crippen LogP contribution in [0, 0.1) is 0 Å². The number of morpholine rings is 1. The van der Waals surface area contributed by atoms with Gasteiger partial charge in [0.2, 0.25) is 0 Å². The monoisotopic (exact) mass is 268 g/mol. The van der Waals surface area contributed by atoms with Crippen LogP contribution >= 0.6 is 0 Å². The number of ether oxygens (including phenoxy) is 2. The molecule has 0 amide bonds. The zero-order chi connectivity index (χ0) is 13.1. The van der Waals surface area contributed by atoms with Gasteiger partial charge in [0.25, 0.3) is 0 Å². The lowest BCUT2D eigenvalue weighted by atomic mass is 10.1. The molecular weight excluding hydrogens is 240 g/mol. The highest BCUT2D eigenvalue weighted by Crippen LogP contribution is 2.28. The normalized spacial score (nSPS) is 39.0. The molecule has 4 unspecified atom stereocenters. The molecular formula is C15H28N2O2. The van der Waals surface area contributed by atoms with Crippen LogP contribution in [-0.4, -0.2) is 62.0 Å². The van der Waals surface area contributed by atoms with Crippen LogP contribution in [0.25, 0.3) is 0 Å². The molecule has 3 aliphatic heterocycles. The van der Waals surface area contributed by atoms with Crippen molar-refractivity contribution in [2.24, 2.45) is 0 Å². The van der Waals surface area contributed by atoms with E-state index in [2.05, 4.69) is 17.1 Å². The fraction of sp³-hybridized carbons (Fsp3) is 1.00. The fourth-order valence-corrected chi connectivity index (χ4v) is 3.64. The van der Waals surface area contributed by atoms with Crippen LogP contribution in [0.5, 0.6) is 0 Å². The van der Waals surface area contributed by atoms with E-state index in [9.17, 15) is 0 Å². The minimum Gasteiger partial charge on any atom is -0.372 e. The van der Waals surface area contributed by atoms with E-state index in [0.717, 1.165) is 32.7 Å². The van der Waals surface area contributed by atoms with Crippen molar-refractivity contribution in [3.8, 4) is 0 Å². The molecule has 3 aliphatic rings. The Bertz CT molecular complexity index is 275. The summed E-state index contributed by atoms with van der Waals surface area (Å²) in [5.41, 5.74) is 0. The molecule has 4 nitrogen and oxygen atoms in total. The number of hydrogen-bond donors (Lipinski definition) is 1. The van der Waals surface area contributed by atoms with Gasteiger partial charge in [-0.2, -0.15) is 0 Å². The van der Waals surface area contributed by atoms with E-state index < -0.39 is 0 Å². The van der Waals surface area contributed by atoms with E-state index in [1.807, 2.05) is 0 Å². The van der Waals surface area contributed by atoms with Crippen LogP contribution in [0.2, 0.25) is 0 Å². The largest absolute Gasteiger partial charge is 0.372 e. The number of nitrogens with zero attached hydrogens (tertiary/aromatic N) is 1. The Balaban J connectivity index is 1.37. The van der Waals surface area contributed by atoms with Crippen LogP contribution in [-0.2, 0) is 9.47 Å². The van der Waals surface area contributed by atoms with Gasteiger partial charge in [-0.3, -0.25) is 4.90 Å². The third-order valence-corrected chi connectivity index (χ3v) is 4.58. The number of hydrogen-bond acceptors (Lipinski definition) is 4. The van der Waals surface area contributed by atoms with E-state index >= 15 is 0 Å². The molecule has 110 valence electrons. The first kappa shape index (κ1) is 13.8. The lowest BCUT2D eigenvalue weighted by Gasteiger charge is -2.33. The fourth-order valence-electron chi connectivity index (χ4n) is 3.64. The number of likely N-dealkylation sites (tertiary alicyclic amines) is 1. The molecule has 0 aromatic carbocycles. The summed E-state index contributed by atoms with van der Waals surface area (Å²) in [6, 6.07) is 0. The zero-order valence-electron chi connectivity index (χ0n) is 12.1. The SMILES string of the molecule is CCCNCC1CCC(CN2CC3CCC(C2)O3)O1. The number of fused-ring (bicyclic) bond motifs is 2. The molecule has 0 radical (unpaired) electrons. The third-order valence-electron chi connectivity index (χ3n) is 4.58. The van der Waals surface area contributed by atoms with E-state index in [-0.39, 0.29) is 0 Å². The zero-order valence-corrected chi connectivity index (χ0v) is 12.1. The summed E-state index contributed by atoms with van der Waals surface area (Å²) in [7, 11) is 0. The first-order chi connectivity index (χ1) is 9.33. The second-order valence-electron chi connectivity index (χ2n) is 6.34. The molecule has 2 bridgehead atoms. The van der Waals surface area contributed by atoms with Crippen molar-refractivity contribution in [3.63, 3.8) is 0 Å². The van der Waals surface area contributed by atoms with Crippen molar-refractivity contribution in [2.45, 2.75) is 63.4 Å². The van der Waals surface area contributed by atoms with Gasteiger partial charge in [0.15, 0.2) is 0 Å². The number of nitrogens with one attached hydrogen (secondary N) is 1. The lowest BCUT2D eigenvalue weighted by molar-refractivity contribution is -0.0571. The first-order valence-electron chi connectivity index (χ1n) is 8.07. The standard InChI is InChI=1S/C15H28N2O2/c1-2-7-16-8-12-3-4-13(18-12)9-17-10-14-5-6-15(11-17)19-14/h12-16H,2-11H2,1H3. The molecule has 0 aromatic heterocycles. The first-order valence-corrected chi connectivity index (χ1v) is 8.07. The van der Waals surface area contributed by atoms with Crippen LogP contribution in [0.1, 0.15) is 39.0 Å². The summed E-state index contributed by atoms with van der Waals surface area (Å²) in [5, 5.41) is 3.47. The maximum atomic E-state index is 6.16. The topological polar surface area (TPSA) is 33.7 Å². The van der Waals surface area contributed by atoms with Crippen molar-refractivity contribution in [2.75, 3.05) is 32.7 Å². The summed E-state index contributed by atoms with van der Waals surface area (Å²) in [6.07, 6.45) is 8.06. The molecule has 0 aliphatic carbocycles. The Kier molecular flexibility index (Phi) is 4.74. The van der Waals surface area contributed by atoms with Crippen LogP contribution in [0.15, 0.2) is 0 Å². The van der Waals surface area contributed by atoms with Gasteiger partial charge in [-0.05, 0) is 38.6 Å². The van der Waals surface area contributed by atoms with Crippen molar-refractivity contribution in [3.05, 3.63) is 0 Å². The Morgan fingerprint density at radius 2 is 1.74 bits per heavy atom. The average Bonchev–Trinajstić information content (AvgIpc) is 2.97. The summed E-state index contributed by atoms with van der Waals surface area (Å²) < 4.78 is 12.0. The lowest BCUT2D eigenvalue weighted by Crippen LogP contribution is -2.45. The molecule has 1 N–H and O–H groups in total. The van der Waals surface area contributed by atoms with Crippen LogP contribution in [0.3, 0.4) is 0 Å². The smallest absolute Gasteiger partial charge is 0.0707 e. The van der Waals surface area contributed by atoms with Gasteiger partial charge < -0.3 is 14.8 Å². The maximum absolute atomic E-state index is 6.16. The molecule has 4 atom stereocenters. The Morgan fingerprint density at radius 1 is 1.00 bits per heavy atom. The predicted octanol–water partition coefficient (Wildman–Crippen LogP) is 1.40. The quantitative estimate of drug-likeness (QED) is 0.738.